The topological polar surface area (TPSA) is 44.8 Å². The van der Waals surface area contributed by atoms with Crippen molar-refractivity contribution in [3.05, 3.63) is 59.7 Å². The van der Waals surface area contributed by atoms with Gasteiger partial charge in [-0.1, -0.05) is 43.3 Å². The first-order chi connectivity index (χ1) is 13.1. The van der Waals surface area contributed by atoms with Crippen LogP contribution in [0.3, 0.4) is 0 Å². The number of amides is 1. The number of carbonyl (C=O) groups excluding carboxylic acids is 1. The van der Waals surface area contributed by atoms with Crippen LogP contribution in [0.2, 0.25) is 0 Å². The molecular weight excluding hydrogens is 358 g/mol. The average Bonchev–Trinajstić information content (AvgIpc) is 2.69. The molecule has 2 aromatic carbocycles. The Morgan fingerprint density at radius 2 is 1.81 bits per heavy atom. The van der Waals surface area contributed by atoms with Gasteiger partial charge in [-0.3, -0.25) is 4.79 Å². The largest absolute Gasteiger partial charge is 0.495 e. The molecule has 2 heterocycles. The molecule has 1 N–H and O–H groups in total. The molecule has 0 radical (unpaired) electrons. The molecule has 0 aromatic heterocycles. The van der Waals surface area contributed by atoms with Crippen LogP contribution in [-0.4, -0.2) is 47.6 Å². The van der Waals surface area contributed by atoms with Crippen molar-refractivity contribution < 1.29 is 9.53 Å². The molecule has 27 heavy (non-hydrogen) atoms. The Balaban J connectivity index is 1.57. The van der Waals surface area contributed by atoms with Crippen LogP contribution in [0.5, 0.6) is 5.75 Å². The van der Waals surface area contributed by atoms with Crippen molar-refractivity contribution in [2.45, 2.75) is 18.9 Å². The Bertz CT molecular complexity index is 885. The van der Waals surface area contributed by atoms with Crippen molar-refractivity contribution >= 4 is 28.9 Å². The van der Waals surface area contributed by atoms with Gasteiger partial charge in [0.05, 0.1) is 25.4 Å². The number of nitrogens with zero attached hydrogens (tertiary/aromatic N) is 2. The van der Waals surface area contributed by atoms with Crippen molar-refractivity contribution in [1.29, 1.82) is 0 Å². The minimum Gasteiger partial charge on any atom is -0.495 e. The molecule has 4 rings (SSSR count). The van der Waals surface area contributed by atoms with Crippen LogP contribution < -0.4 is 10.1 Å². The standard InChI is InChI=1S/C21H23N3O2S/c1-14-11-24-18(16-8-4-3-7-15(14)16)12-23(13-20(24)25)21(27)22-17-9-5-6-10-19(17)26-2/h3-10,14,18H,11-13H2,1-2H3,(H,22,27)/t14-,18+/m0/s1. The third kappa shape index (κ3) is 3.25. The summed E-state index contributed by atoms with van der Waals surface area (Å²) in [5.74, 6) is 1.20. The first-order valence-corrected chi connectivity index (χ1v) is 9.56. The number of para-hydroxylation sites is 2. The molecule has 0 bridgehead atoms. The molecule has 0 saturated carbocycles. The van der Waals surface area contributed by atoms with Gasteiger partial charge >= 0.3 is 0 Å². The Morgan fingerprint density at radius 1 is 1.11 bits per heavy atom. The number of benzene rings is 2. The number of fused-ring (bicyclic) bond motifs is 3. The van der Waals surface area contributed by atoms with E-state index in [9.17, 15) is 4.79 Å². The predicted molar refractivity (Wildman–Crippen MR) is 110 cm³/mol. The molecule has 0 unspecified atom stereocenters. The number of anilines is 1. The summed E-state index contributed by atoms with van der Waals surface area (Å²) in [5.41, 5.74) is 3.36. The second-order valence-electron chi connectivity index (χ2n) is 7.10. The molecule has 2 aliphatic heterocycles. The molecule has 1 saturated heterocycles. The maximum absolute atomic E-state index is 12.8. The van der Waals surface area contributed by atoms with Gasteiger partial charge in [0.25, 0.3) is 0 Å². The van der Waals surface area contributed by atoms with Gasteiger partial charge in [-0.15, -0.1) is 0 Å². The Labute approximate surface area is 164 Å². The molecule has 0 aliphatic carbocycles. The molecule has 140 valence electrons. The van der Waals surface area contributed by atoms with Gasteiger partial charge in [-0.25, -0.2) is 0 Å². The first kappa shape index (κ1) is 17.8. The van der Waals surface area contributed by atoms with Gasteiger partial charge in [0.1, 0.15) is 5.75 Å². The van der Waals surface area contributed by atoms with Crippen molar-refractivity contribution in [1.82, 2.24) is 9.80 Å². The van der Waals surface area contributed by atoms with E-state index in [1.807, 2.05) is 40.1 Å². The molecule has 2 aliphatic rings. The number of piperazine rings is 1. The zero-order valence-corrected chi connectivity index (χ0v) is 16.3. The summed E-state index contributed by atoms with van der Waals surface area (Å²) in [5, 5.41) is 3.79. The molecule has 2 aromatic rings. The van der Waals surface area contributed by atoms with E-state index >= 15 is 0 Å². The molecule has 6 heteroatoms. The van der Waals surface area contributed by atoms with E-state index in [4.69, 9.17) is 17.0 Å². The van der Waals surface area contributed by atoms with Gasteiger partial charge in [0, 0.05) is 13.1 Å². The van der Waals surface area contributed by atoms with Gasteiger partial charge in [0.2, 0.25) is 5.91 Å². The fourth-order valence-corrected chi connectivity index (χ4v) is 4.30. The fraction of sp³-hybridized carbons (Fsp3) is 0.333. The second kappa shape index (κ2) is 7.19. The zero-order valence-electron chi connectivity index (χ0n) is 15.5. The van der Waals surface area contributed by atoms with E-state index in [0.717, 1.165) is 18.0 Å². The average molecular weight is 382 g/mol. The van der Waals surface area contributed by atoms with Crippen LogP contribution in [0.15, 0.2) is 48.5 Å². The number of rotatable bonds is 2. The van der Waals surface area contributed by atoms with E-state index in [1.54, 1.807) is 7.11 Å². The number of nitrogens with one attached hydrogen (secondary N) is 1. The lowest BCUT2D eigenvalue weighted by molar-refractivity contribution is -0.139. The molecule has 1 amide bonds. The lowest BCUT2D eigenvalue weighted by Crippen LogP contribution is -2.56. The van der Waals surface area contributed by atoms with Crippen LogP contribution in [0, 0.1) is 0 Å². The van der Waals surface area contributed by atoms with E-state index in [1.165, 1.54) is 11.1 Å². The summed E-state index contributed by atoms with van der Waals surface area (Å²) in [4.78, 5) is 16.8. The number of methoxy groups -OCH3 is 1. The van der Waals surface area contributed by atoms with Crippen molar-refractivity contribution in [3.63, 3.8) is 0 Å². The smallest absolute Gasteiger partial charge is 0.242 e. The van der Waals surface area contributed by atoms with Gasteiger partial charge < -0.3 is 19.9 Å². The number of hydrogen-bond donors (Lipinski definition) is 1. The lowest BCUT2D eigenvalue weighted by Gasteiger charge is -2.47. The zero-order chi connectivity index (χ0) is 19.0. The summed E-state index contributed by atoms with van der Waals surface area (Å²) in [6.07, 6.45) is 0. The highest BCUT2D eigenvalue weighted by atomic mass is 32.1. The quantitative estimate of drug-likeness (QED) is 0.808. The highest BCUT2D eigenvalue weighted by Gasteiger charge is 2.39. The third-order valence-electron chi connectivity index (χ3n) is 5.41. The highest BCUT2D eigenvalue weighted by molar-refractivity contribution is 7.80. The Kier molecular flexibility index (Phi) is 4.74. The van der Waals surface area contributed by atoms with E-state index in [2.05, 4.69) is 30.4 Å². The summed E-state index contributed by atoms with van der Waals surface area (Å²) in [6, 6.07) is 16.1. The highest BCUT2D eigenvalue weighted by Crippen LogP contribution is 2.38. The Morgan fingerprint density at radius 3 is 2.59 bits per heavy atom. The monoisotopic (exact) mass is 381 g/mol. The number of carbonyl (C=O) groups is 1. The van der Waals surface area contributed by atoms with Crippen LogP contribution in [0.25, 0.3) is 0 Å². The maximum atomic E-state index is 12.8. The lowest BCUT2D eigenvalue weighted by atomic mass is 9.85. The fourth-order valence-electron chi connectivity index (χ4n) is 4.05. The summed E-state index contributed by atoms with van der Waals surface area (Å²) < 4.78 is 5.38. The normalized spacial score (nSPS) is 21.3. The number of thiocarbonyl (C=S) groups is 1. The predicted octanol–water partition coefficient (Wildman–Crippen LogP) is 3.39. The summed E-state index contributed by atoms with van der Waals surface area (Å²) >= 11 is 5.62. The molecule has 5 nitrogen and oxygen atoms in total. The summed E-state index contributed by atoms with van der Waals surface area (Å²) in [7, 11) is 1.63. The number of ether oxygens (including phenoxy) is 1. The van der Waals surface area contributed by atoms with E-state index in [-0.39, 0.29) is 11.9 Å². The third-order valence-corrected chi connectivity index (χ3v) is 5.77. The van der Waals surface area contributed by atoms with Crippen molar-refractivity contribution in [2.75, 3.05) is 32.1 Å². The molecule has 0 spiro atoms. The first-order valence-electron chi connectivity index (χ1n) is 9.15. The van der Waals surface area contributed by atoms with Crippen molar-refractivity contribution in [3.8, 4) is 5.75 Å². The van der Waals surface area contributed by atoms with E-state index in [0.29, 0.717) is 24.1 Å². The van der Waals surface area contributed by atoms with Crippen LogP contribution >= 0.6 is 12.2 Å². The van der Waals surface area contributed by atoms with Gasteiger partial charge in [0.15, 0.2) is 5.11 Å². The van der Waals surface area contributed by atoms with Crippen LogP contribution in [-0.2, 0) is 4.79 Å². The van der Waals surface area contributed by atoms with Crippen molar-refractivity contribution in [2.24, 2.45) is 0 Å². The van der Waals surface area contributed by atoms with Crippen LogP contribution in [0.1, 0.15) is 30.0 Å². The van der Waals surface area contributed by atoms with Gasteiger partial charge in [-0.05, 0) is 41.4 Å². The second-order valence-corrected chi connectivity index (χ2v) is 7.49. The SMILES string of the molecule is COc1ccccc1NC(=S)N1CC(=O)N2C[C@H](C)c3ccccc3[C@H]2C1. The molecular formula is C21H23N3O2S. The molecule has 2 atom stereocenters. The molecule has 1 fully saturated rings. The van der Waals surface area contributed by atoms with E-state index < -0.39 is 0 Å². The maximum Gasteiger partial charge on any atom is 0.242 e. The van der Waals surface area contributed by atoms with Crippen LogP contribution in [0.4, 0.5) is 5.69 Å². The van der Waals surface area contributed by atoms with Gasteiger partial charge in [-0.2, -0.15) is 0 Å². The summed E-state index contributed by atoms with van der Waals surface area (Å²) in [6.45, 7) is 3.94. The Hall–Kier alpha value is -2.60. The minimum absolute atomic E-state index is 0.0380. The number of hydrogen-bond acceptors (Lipinski definition) is 3. The minimum atomic E-state index is 0.0380.